The number of nitriles is 1. The van der Waals surface area contributed by atoms with Crippen molar-refractivity contribution in [1.82, 2.24) is 5.32 Å². The summed E-state index contributed by atoms with van der Waals surface area (Å²) in [6.45, 7) is 4.60. The maximum atomic E-state index is 12.7. The third-order valence-corrected chi connectivity index (χ3v) is 3.48. The first-order valence-corrected chi connectivity index (χ1v) is 6.13. The summed E-state index contributed by atoms with van der Waals surface area (Å²) < 4.78 is 12.7. The van der Waals surface area contributed by atoms with Crippen molar-refractivity contribution in [3.8, 4) is 6.07 Å². The summed E-state index contributed by atoms with van der Waals surface area (Å²) in [4.78, 5) is 0.973. The van der Waals surface area contributed by atoms with Gasteiger partial charge in [0.05, 0.1) is 6.07 Å². The van der Waals surface area contributed by atoms with E-state index in [9.17, 15) is 4.39 Å². The molecule has 0 heterocycles. The molecule has 0 amide bonds. The Morgan fingerprint density at radius 3 is 2.56 bits per heavy atom. The molecule has 0 radical (unpaired) electrons. The molecule has 0 bridgehead atoms. The minimum absolute atomic E-state index is 0.237. The molecule has 0 spiro atoms. The van der Waals surface area contributed by atoms with E-state index in [0.717, 1.165) is 11.4 Å². The highest BCUT2D eigenvalue weighted by molar-refractivity contribution is 7.99. The zero-order chi connectivity index (χ0) is 12.0. The van der Waals surface area contributed by atoms with Crippen molar-refractivity contribution in [2.45, 2.75) is 24.3 Å². The molecule has 1 atom stereocenters. The van der Waals surface area contributed by atoms with Gasteiger partial charge in [-0.3, -0.25) is 5.32 Å². The summed E-state index contributed by atoms with van der Waals surface area (Å²) in [5.41, 5.74) is -0.534. The average Bonchev–Trinajstić information content (AvgIpc) is 2.29. The predicted octanol–water partition coefficient (Wildman–Crippen LogP) is 2.81. The van der Waals surface area contributed by atoms with Crippen LogP contribution in [0.5, 0.6) is 0 Å². The molecule has 1 unspecified atom stereocenters. The number of nitrogens with zero attached hydrogens (tertiary/aromatic N) is 1. The highest BCUT2D eigenvalue weighted by atomic mass is 32.2. The van der Waals surface area contributed by atoms with Crippen molar-refractivity contribution >= 4 is 11.8 Å². The van der Waals surface area contributed by atoms with Crippen LogP contribution in [0.25, 0.3) is 0 Å². The zero-order valence-corrected chi connectivity index (χ0v) is 10.3. The van der Waals surface area contributed by atoms with Gasteiger partial charge in [-0.1, -0.05) is 6.92 Å². The van der Waals surface area contributed by atoms with E-state index in [1.165, 1.54) is 12.1 Å². The van der Waals surface area contributed by atoms with E-state index in [0.29, 0.717) is 5.75 Å². The van der Waals surface area contributed by atoms with Gasteiger partial charge in [0.25, 0.3) is 0 Å². The van der Waals surface area contributed by atoms with Gasteiger partial charge in [-0.05, 0) is 37.7 Å². The molecule has 4 heteroatoms. The lowest BCUT2D eigenvalue weighted by Gasteiger charge is -2.21. The lowest BCUT2D eigenvalue weighted by Crippen LogP contribution is -2.43. The van der Waals surface area contributed by atoms with Crippen molar-refractivity contribution < 1.29 is 4.39 Å². The normalized spacial score (nSPS) is 14.1. The first-order valence-electron chi connectivity index (χ1n) is 5.14. The van der Waals surface area contributed by atoms with E-state index < -0.39 is 5.54 Å². The number of thioether (sulfide) groups is 1. The lowest BCUT2D eigenvalue weighted by atomic mass is 10.1. The van der Waals surface area contributed by atoms with Gasteiger partial charge in [0, 0.05) is 10.6 Å². The Hall–Kier alpha value is -1.05. The molecule has 2 nitrogen and oxygen atoms in total. The van der Waals surface area contributed by atoms with E-state index in [2.05, 4.69) is 11.4 Å². The number of hydrogen-bond acceptors (Lipinski definition) is 3. The second kappa shape index (κ2) is 5.88. The number of rotatable bonds is 5. The highest BCUT2D eigenvalue weighted by Crippen LogP contribution is 2.22. The molecule has 0 saturated heterocycles. The summed E-state index contributed by atoms with van der Waals surface area (Å²) in [5, 5.41) is 12.2. The fraction of sp³-hybridized carbons (Fsp3) is 0.417. The number of halogens is 1. The van der Waals surface area contributed by atoms with E-state index in [1.807, 2.05) is 13.8 Å². The van der Waals surface area contributed by atoms with Crippen molar-refractivity contribution in [3.05, 3.63) is 30.1 Å². The van der Waals surface area contributed by atoms with Crippen molar-refractivity contribution in [2.24, 2.45) is 0 Å². The molecular weight excluding hydrogens is 223 g/mol. The highest BCUT2D eigenvalue weighted by Gasteiger charge is 2.22. The smallest absolute Gasteiger partial charge is 0.123 e. The third kappa shape index (κ3) is 3.84. The summed E-state index contributed by atoms with van der Waals surface area (Å²) in [6, 6.07) is 8.57. The summed E-state index contributed by atoms with van der Waals surface area (Å²) in [7, 11) is 0. The molecule has 0 fully saturated rings. The fourth-order valence-electron chi connectivity index (χ4n) is 1.27. The molecule has 86 valence electrons. The van der Waals surface area contributed by atoms with E-state index in [1.54, 1.807) is 23.9 Å². The first-order chi connectivity index (χ1) is 7.59. The topological polar surface area (TPSA) is 35.8 Å². The number of nitrogens with one attached hydrogen (secondary N) is 1. The molecule has 1 aromatic rings. The van der Waals surface area contributed by atoms with Gasteiger partial charge in [-0.15, -0.1) is 11.8 Å². The van der Waals surface area contributed by atoms with Crippen LogP contribution in [0.2, 0.25) is 0 Å². The molecule has 1 aromatic carbocycles. The van der Waals surface area contributed by atoms with Crippen LogP contribution >= 0.6 is 11.8 Å². The van der Waals surface area contributed by atoms with Crippen LogP contribution in [0.1, 0.15) is 13.8 Å². The maximum Gasteiger partial charge on any atom is 0.123 e. The van der Waals surface area contributed by atoms with Crippen LogP contribution < -0.4 is 5.32 Å². The van der Waals surface area contributed by atoms with Crippen LogP contribution in [0.15, 0.2) is 29.2 Å². The van der Waals surface area contributed by atoms with Crippen LogP contribution in [-0.2, 0) is 0 Å². The molecule has 1 rings (SSSR count). The van der Waals surface area contributed by atoms with Crippen molar-refractivity contribution in [3.63, 3.8) is 0 Å². The quantitative estimate of drug-likeness (QED) is 0.801. The van der Waals surface area contributed by atoms with Gasteiger partial charge in [0.2, 0.25) is 0 Å². The molecule has 16 heavy (non-hydrogen) atoms. The van der Waals surface area contributed by atoms with Crippen LogP contribution in [0.3, 0.4) is 0 Å². The van der Waals surface area contributed by atoms with Crippen molar-refractivity contribution in [2.75, 3.05) is 12.3 Å². The predicted molar refractivity (Wildman–Crippen MR) is 64.8 cm³/mol. The standard InChI is InChI=1S/C12H15FN2S/c1-3-15-12(2,8-14)9-16-11-6-4-10(13)5-7-11/h4-7,15H,3,9H2,1-2H3. The summed E-state index contributed by atoms with van der Waals surface area (Å²) in [6.07, 6.45) is 0. The summed E-state index contributed by atoms with van der Waals surface area (Å²) in [5.74, 6) is 0.405. The van der Waals surface area contributed by atoms with Gasteiger partial charge in [-0.25, -0.2) is 4.39 Å². The molecule has 0 aromatic heterocycles. The zero-order valence-electron chi connectivity index (χ0n) is 9.46. The van der Waals surface area contributed by atoms with Gasteiger partial charge < -0.3 is 0 Å². The monoisotopic (exact) mass is 238 g/mol. The SMILES string of the molecule is CCNC(C)(C#N)CSc1ccc(F)cc1. The second-order valence-corrected chi connectivity index (χ2v) is 4.77. The second-order valence-electron chi connectivity index (χ2n) is 3.72. The van der Waals surface area contributed by atoms with E-state index in [4.69, 9.17) is 5.26 Å². The third-order valence-electron chi connectivity index (χ3n) is 2.15. The molecule has 0 aliphatic carbocycles. The minimum Gasteiger partial charge on any atom is -0.299 e. The minimum atomic E-state index is -0.534. The van der Waals surface area contributed by atoms with E-state index in [-0.39, 0.29) is 5.82 Å². The van der Waals surface area contributed by atoms with Crippen LogP contribution in [0.4, 0.5) is 4.39 Å². The molecular formula is C12H15FN2S. The Morgan fingerprint density at radius 1 is 1.44 bits per heavy atom. The Labute approximate surface area is 99.9 Å². The van der Waals surface area contributed by atoms with Crippen molar-refractivity contribution in [1.29, 1.82) is 5.26 Å². The van der Waals surface area contributed by atoms with Crippen LogP contribution in [-0.4, -0.2) is 17.8 Å². The Kier molecular flexibility index (Phi) is 4.78. The number of hydrogen-bond donors (Lipinski definition) is 1. The largest absolute Gasteiger partial charge is 0.299 e. The van der Waals surface area contributed by atoms with Crippen LogP contribution in [0, 0.1) is 17.1 Å². The van der Waals surface area contributed by atoms with Gasteiger partial charge >= 0.3 is 0 Å². The Morgan fingerprint density at radius 2 is 2.06 bits per heavy atom. The Bertz CT molecular complexity index is 372. The van der Waals surface area contributed by atoms with Gasteiger partial charge in [-0.2, -0.15) is 5.26 Å². The fourth-order valence-corrected chi connectivity index (χ4v) is 2.22. The molecule has 0 aliphatic rings. The molecule has 0 aliphatic heterocycles. The average molecular weight is 238 g/mol. The molecule has 1 N–H and O–H groups in total. The summed E-state index contributed by atoms with van der Waals surface area (Å²) >= 11 is 1.55. The lowest BCUT2D eigenvalue weighted by molar-refractivity contribution is 0.511. The number of benzene rings is 1. The molecule has 0 saturated carbocycles. The maximum absolute atomic E-state index is 12.7. The van der Waals surface area contributed by atoms with Gasteiger partial charge in [0.1, 0.15) is 11.4 Å². The first kappa shape index (κ1) is 13.0. The van der Waals surface area contributed by atoms with E-state index >= 15 is 0 Å². The van der Waals surface area contributed by atoms with Gasteiger partial charge in [0.15, 0.2) is 0 Å². The Balaban J connectivity index is 2.56.